The average molecular weight is 285 g/mol. The second-order valence-electron chi connectivity index (χ2n) is 3.28. The summed E-state index contributed by atoms with van der Waals surface area (Å²) in [5.41, 5.74) is 0. The Morgan fingerprint density at radius 3 is 2.61 bits per heavy atom. The topological polar surface area (TPSA) is 43.4 Å². The fourth-order valence-electron chi connectivity index (χ4n) is 1.11. The van der Waals surface area contributed by atoms with Crippen LogP contribution in [0.3, 0.4) is 0 Å². The maximum absolute atomic E-state index is 11.8. The highest BCUT2D eigenvalue weighted by Crippen LogP contribution is 2.12. The molecule has 0 aliphatic heterocycles. The first kappa shape index (κ1) is 14.7. The molecule has 0 amide bonds. The van der Waals surface area contributed by atoms with Crippen molar-refractivity contribution in [1.82, 2.24) is 0 Å². The molecule has 1 aromatic rings. The number of halogens is 1. The van der Waals surface area contributed by atoms with Gasteiger partial charge < -0.3 is 4.74 Å². The van der Waals surface area contributed by atoms with E-state index in [0.29, 0.717) is 10.8 Å². The first-order valence-electron chi connectivity index (χ1n) is 5.18. The Morgan fingerprint density at radius 1 is 1.33 bits per heavy atom. The second-order valence-corrected chi connectivity index (χ2v) is 5.21. The molecule has 18 heavy (non-hydrogen) atoms. The van der Waals surface area contributed by atoms with E-state index in [0.717, 1.165) is 4.90 Å². The minimum Gasteiger partial charge on any atom is -0.466 e. The lowest BCUT2D eigenvalue weighted by atomic mass is 10.4. The molecule has 0 radical (unpaired) electrons. The van der Waals surface area contributed by atoms with Gasteiger partial charge in [0.25, 0.3) is 0 Å². The summed E-state index contributed by atoms with van der Waals surface area (Å²) >= 11 is 5.74. The molecule has 5 heteroatoms. The molecule has 0 aliphatic rings. The fraction of sp³-hybridized carbons (Fsp3) is 0.154. The first-order valence-corrected chi connectivity index (χ1v) is 6.88. The number of rotatable bonds is 5. The predicted molar refractivity (Wildman–Crippen MR) is 73.0 cm³/mol. The third-order valence-electron chi connectivity index (χ3n) is 2.00. The minimum absolute atomic E-state index is 0.382. The molecular formula is C13H13ClO3S. The average Bonchev–Trinajstić information content (AvgIpc) is 2.38. The van der Waals surface area contributed by atoms with Crippen LogP contribution in [0.5, 0.6) is 0 Å². The third kappa shape index (κ3) is 5.29. The maximum Gasteiger partial charge on any atom is 0.330 e. The van der Waals surface area contributed by atoms with E-state index in [9.17, 15) is 9.00 Å². The van der Waals surface area contributed by atoms with Crippen LogP contribution in [0.25, 0.3) is 0 Å². The number of ether oxygens (including phenoxy) is 1. The molecule has 0 aliphatic carbocycles. The molecule has 1 atom stereocenters. The third-order valence-corrected chi connectivity index (χ3v) is 3.55. The number of allylic oxidation sites excluding steroid dienone is 2. The fourth-order valence-corrected chi connectivity index (χ4v) is 2.15. The number of methoxy groups -OCH3 is 1. The van der Waals surface area contributed by atoms with E-state index in [4.69, 9.17) is 11.6 Å². The van der Waals surface area contributed by atoms with Gasteiger partial charge in [0, 0.05) is 21.7 Å². The van der Waals surface area contributed by atoms with E-state index >= 15 is 0 Å². The van der Waals surface area contributed by atoms with Crippen LogP contribution in [-0.2, 0) is 20.3 Å². The lowest BCUT2D eigenvalue weighted by molar-refractivity contribution is -0.134. The van der Waals surface area contributed by atoms with E-state index in [1.54, 1.807) is 42.5 Å². The van der Waals surface area contributed by atoms with Gasteiger partial charge in [0.1, 0.15) is 0 Å². The van der Waals surface area contributed by atoms with Crippen molar-refractivity contribution in [2.24, 2.45) is 0 Å². The van der Waals surface area contributed by atoms with Crippen molar-refractivity contribution in [3.05, 3.63) is 53.6 Å². The molecule has 96 valence electrons. The highest BCUT2D eigenvalue weighted by molar-refractivity contribution is 7.85. The molecule has 0 saturated carbocycles. The molecule has 1 unspecified atom stereocenters. The monoisotopic (exact) mass is 284 g/mol. The summed E-state index contributed by atoms with van der Waals surface area (Å²) in [4.78, 5) is 11.5. The van der Waals surface area contributed by atoms with Gasteiger partial charge in [-0.05, 0) is 24.3 Å². The normalized spacial score (nSPS) is 13.0. The number of esters is 1. The van der Waals surface area contributed by atoms with Crippen LogP contribution in [0.4, 0.5) is 0 Å². The van der Waals surface area contributed by atoms with Crippen LogP contribution in [-0.4, -0.2) is 23.0 Å². The van der Waals surface area contributed by atoms with Gasteiger partial charge in [-0.3, -0.25) is 4.21 Å². The van der Waals surface area contributed by atoms with E-state index < -0.39 is 16.8 Å². The van der Waals surface area contributed by atoms with Gasteiger partial charge in [0.05, 0.1) is 17.9 Å². The van der Waals surface area contributed by atoms with E-state index in [1.807, 2.05) is 0 Å². The Hall–Kier alpha value is -1.39. The van der Waals surface area contributed by atoms with Crippen molar-refractivity contribution in [3.8, 4) is 0 Å². The van der Waals surface area contributed by atoms with Crippen molar-refractivity contribution >= 4 is 28.4 Å². The van der Waals surface area contributed by atoms with Crippen LogP contribution in [0.1, 0.15) is 0 Å². The number of benzene rings is 1. The van der Waals surface area contributed by atoms with Crippen molar-refractivity contribution in [1.29, 1.82) is 0 Å². The Morgan fingerprint density at radius 2 is 2.00 bits per heavy atom. The van der Waals surface area contributed by atoms with Crippen LogP contribution >= 0.6 is 11.6 Å². The molecule has 0 saturated heterocycles. The molecular weight excluding hydrogens is 272 g/mol. The van der Waals surface area contributed by atoms with Gasteiger partial charge in [-0.15, -0.1) is 0 Å². The van der Waals surface area contributed by atoms with Crippen LogP contribution < -0.4 is 0 Å². The standard InChI is InChI=1S/C13H13ClO3S/c1-17-13(15)5-3-2-4-10-18(16)12-8-6-11(14)7-9-12/h2-9H,10H2,1H3/b4-2+,5-3+. The van der Waals surface area contributed by atoms with Gasteiger partial charge in [0.2, 0.25) is 0 Å². The molecule has 0 bridgehead atoms. The zero-order valence-corrected chi connectivity index (χ0v) is 11.4. The molecule has 1 aromatic carbocycles. The minimum atomic E-state index is -1.10. The highest BCUT2D eigenvalue weighted by atomic mass is 35.5. The molecule has 0 fully saturated rings. The summed E-state index contributed by atoms with van der Waals surface area (Å²) in [6, 6.07) is 6.87. The smallest absolute Gasteiger partial charge is 0.330 e. The molecule has 1 rings (SSSR count). The number of carbonyl (C=O) groups is 1. The van der Waals surface area contributed by atoms with E-state index in [1.165, 1.54) is 13.2 Å². The van der Waals surface area contributed by atoms with Crippen LogP contribution in [0, 0.1) is 0 Å². The van der Waals surface area contributed by atoms with E-state index in [2.05, 4.69) is 4.74 Å². The molecule has 0 heterocycles. The molecule has 0 aromatic heterocycles. The van der Waals surface area contributed by atoms with Crippen molar-refractivity contribution in [3.63, 3.8) is 0 Å². The van der Waals surface area contributed by atoms with Crippen LogP contribution in [0.2, 0.25) is 5.02 Å². The zero-order chi connectivity index (χ0) is 13.4. The zero-order valence-electron chi connectivity index (χ0n) is 9.84. The van der Waals surface area contributed by atoms with Gasteiger partial charge >= 0.3 is 5.97 Å². The number of carbonyl (C=O) groups excluding carboxylic acids is 1. The summed E-state index contributed by atoms with van der Waals surface area (Å²) in [5, 5.41) is 0.618. The molecule has 0 spiro atoms. The van der Waals surface area contributed by atoms with Crippen molar-refractivity contribution in [2.75, 3.05) is 12.9 Å². The lowest BCUT2D eigenvalue weighted by Gasteiger charge is -1.98. The van der Waals surface area contributed by atoms with E-state index in [-0.39, 0.29) is 0 Å². The van der Waals surface area contributed by atoms with Crippen molar-refractivity contribution in [2.45, 2.75) is 4.90 Å². The van der Waals surface area contributed by atoms with Gasteiger partial charge in [-0.2, -0.15) is 0 Å². The number of hydrogen-bond acceptors (Lipinski definition) is 3. The molecule has 3 nitrogen and oxygen atoms in total. The maximum atomic E-state index is 11.8. The Labute approximate surface area is 114 Å². The Balaban J connectivity index is 2.46. The summed E-state index contributed by atoms with van der Waals surface area (Å²) in [7, 11) is 0.208. The summed E-state index contributed by atoms with van der Waals surface area (Å²) < 4.78 is 16.2. The van der Waals surface area contributed by atoms with Gasteiger partial charge in [-0.25, -0.2) is 4.79 Å². The largest absolute Gasteiger partial charge is 0.466 e. The Bertz CT molecular complexity index is 478. The summed E-state index contributed by atoms with van der Waals surface area (Å²) in [6.45, 7) is 0. The molecule has 0 N–H and O–H groups in total. The second kappa shape index (κ2) is 7.84. The van der Waals surface area contributed by atoms with Gasteiger partial charge in [0.15, 0.2) is 0 Å². The van der Waals surface area contributed by atoms with Crippen molar-refractivity contribution < 1.29 is 13.7 Å². The SMILES string of the molecule is COC(=O)/C=C/C=C/CS(=O)c1ccc(Cl)cc1. The summed E-state index contributed by atoms with van der Waals surface area (Å²) in [5.74, 6) is -0.0360. The van der Waals surface area contributed by atoms with Crippen LogP contribution in [0.15, 0.2) is 53.5 Å². The lowest BCUT2D eigenvalue weighted by Crippen LogP contribution is -1.95. The number of hydrogen-bond donors (Lipinski definition) is 0. The summed E-state index contributed by atoms with van der Waals surface area (Å²) in [6.07, 6.45) is 6.22. The first-order chi connectivity index (χ1) is 8.63. The quantitative estimate of drug-likeness (QED) is 0.474. The van der Waals surface area contributed by atoms with Gasteiger partial charge in [-0.1, -0.05) is 29.8 Å². The predicted octanol–water partition coefficient (Wildman–Crippen LogP) is 2.73. The highest BCUT2D eigenvalue weighted by Gasteiger charge is 2.00. The Kier molecular flexibility index (Phi) is 6.39.